The largest absolute Gasteiger partial charge is 0.352 e. The van der Waals surface area contributed by atoms with Crippen LogP contribution < -0.4 is 10.9 Å². The Morgan fingerprint density at radius 3 is 2.50 bits per heavy atom. The van der Waals surface area contributed by atoms with E-state index in [1.807, 2.05) is 58.0 Å². The Labute approximate surface area is 172 Å². The number of carbonyl (C=O) groups excluding carboxylic acids is 1. The highest BCUT2D eigenvalue weighted by molar-refractivity contribution is 7.99. The van der Waals surface area contributed by atoms with Crippen molar-refractivity contribution in [3.8, 4) is 0 Å². The molecule has 0 atom stereocenters. The van der Waals surface area contributed by atoms with Crippen LogP contribution in [0, 0.1) is 6.92 Å². The van der Waals surface area contributed by atoms with Gasteiger partial charge in [-0.05, 0) is 46.1 Å². The summed E-state index contributed by atoms with van der Waals surface area (Å²) in [6.45, 7) is 7.85. The van der Waals surface area contributed by atoms with Gasteiger partial charge in [0.15, 0.2) is 5.16 Å². The second kappa shape index (κ2) is 9.92. The van der Waals surface area contributed by atoms with E-state index in [0.29, 0.717) is 12.8 Å². The molecular weight excluding hydrogens is 370 g/mol. The summed E-state index contributed by atoms with van der Waals surface area (Å²) in [5.41, 5.74) is 2.48. The number of rotatable bonds is 8. The van der Waals surface area contributed by atoms with Gasteiger partial charge in [0.05, 0.1) is 0 Å². The fraction of sp³-hybridized carbons (Fsp3) is 0.500. The molecule has 2 aromatic rings. The van der Waals surface area contributed by atoms with E-state index in [1.165, 1.54) is 0 Å². The van der Waals surface area contributed by atoms with E-state index in [0.717, 1.165) is 40.6 Å². The molecular formula is C22H31N3O2S. The molecule has 0 radical (unpaired) electrons. The standard InChI is InChI=1S/C22H31N3O2S/c1-16-18(15-17-11-7-6-8-12-17)20(27)25(5)21(23-16)28-14-10-9-13-19(26)24-22(2,3)4/h6-8,11-12H,9-10,13-15H2,1-5H3,(H,24,26). The molecule has 28 heavy (non-hydrogen) atoms. The van der Waals surface area contributed by atoms with E-state index < -0.39 is 0 Å². The summed E-state index contributed by atoms with van der Waals surface area (Å²) in [4.78, 5) is 29.3. The molecule has 1 N–H and O–H groups in total. The molecule has 1 aromatic heterocycles. The summed E-state index contributed by atoms with van der Waals surface area (Å²) in [5.74, 6) is 0.921. The Morgan fingerprint density at radius 1 is 1.18 bits per heavy atom. The van der Waals surface area contributed by atoms with Gasteiger partial charge < -0.3 is 5.32 Å². The predicted molar refractivity (Wildman–Crippen MR) is 116 cm³/mol. The highest BCUT2D eigenvalue weighted by atomic mass is 32.2. The number of carbonyl (C=O) groups is 1. The van der Waals surface area contributed by atoms with Crippen LogP contribution in [-0.2, 0) is 18.3 Å². The summed E-state index contributed by atoms with van der Waals surface area (Å²) in [6, 6.07) is 9.98. The van der Waals surface area contributed by atoms with Crippen LogP contribution in [0.5, 0.6) is 0 Å². The predicted octanol–water partition coefficient (Wildman–Crippen LogP) is 3.86. The van der Waals surface area contributed by atoms with E-state index in [4.69, 9.17) is 0 Å². The minimum absolute atomic E-state index is 0.0170. The molecule has 0 spiro atoms. The molecule has 1 amide bonds. The van der Waals surface area contributed by atoms with Crippen LogP contribution in [-0.4, -0.2) is 26.8 Å². The molecule has 0 saturated heterocycles. The monoisotopic (exact) mass is 401 g/mol. The lowest BCUT2D eigenvalue weighted by Gasteiger charge is -2.20. The van der Waals surface area contributed by atoms with Gasteiger partial charge in [0.2, 0.25) is 5.91 Å². The quantitative estimate of drug-likeness (QED) is 0.414. The fourth-order valence-corrected chi connectivity index (χ4v) is 3.90. The van der Waals surface area contributed by atoms with Gasteiger partial charge in [-0.2, -0.15) is 0 Å². The Balaban J connectivity index is 1.91. The molecule has 2 rings (SSSR count). The van der Waals surface area contributed by atoms with E-state index in [-0.39, 0.29) is 17.0 Å². The summed E-state index contributed by atoms with van der Waals surface area (Å²) in [6.07, 6.45) is 2.86. The number of benzene rings is 1. The Hall–Kier alpha value is -2.08. The van der Waals surface area contributed by atoms with Crippen molar-refractivity contribution in [3.63, 3.8) is 0 Å². The zero-order chi connectivity index (χ0) is 20.7. The van der Waals surface area contributed by atoms with E-state index in [1.54, 1.807) is 23.4 Å². The second-order valence-corrected chi connectivity index (χ2v) is 9.15. The number of unbranched alkanes of at least 4 members (excludes halogenated alkanes) is 1. The number of hydrogen-bond acceptors (Lipinski definition) is 4. The van der Waals surface area contributed by atoms with Gasteiger partial charge in [-0.3, -0.25) is 14.2 Å². The smallest absolute Gasteiger partial charge is 0.257 e. The van der Waals surface area contributed by atoms with Gasteiger partial charge in [-0.15, -0.1) is 0 Å². The molecule has 6 heteroatoms. The maximum atomic E-state index is 12.8. The SMILES string of the molecule is Cc1nc(SCCCCC(=O)NC(C)(C)C)n(C)c(=O)c1Cc1ccccc1. The maximum Gasteiger partial charge on any atom is 0.257 e. The molecule has 0 aliphatic heterocycles. The molecule has 1 heterocycles. The van der Waals surface area contributed by atoms with Crippen molar-refractivity contribution < 1.29 is 4.79 Å². The number of amides is 1. The lowest BCUT2D eigenvalue weighted by atomic mass is 10.1. The molecule has 1 aromatic carbocycles. The normalized spacial score (nSPS) is 11.5. The van der Waals surface area contributed by atoms with Gasteiger partial charge in [0, 0.05) is 42.4 Å². The molecule has 152 valence electrons. The minimum Gasteiger partial charge on any atom is -0.352 e. The summed E-state index contributed by atoms with van der Waals surface area (Å²) in [7, 11) is 1.78. The van der Waals surface area contributed by atoms with Crippen LogP contribution in [0.2, 0.25) is 0 Å². The molecule has 0 aliphatic carbocycles. The number of nitrogens with zero attached hydrogens (tertiary/aromatic N) is 2. The lowest BCUT2D eigenvalue weighted by Crippen LogP contribution is -2.40. The van der Waals surface area contributed by atoms with Crippen LogP contribution in [0.25, 0.3) is 0 Å². The van der Waals surface area contributed by atoms with Crippen molar-refractivity contribution in [1.82, 2.24) is 14.9 Å². The Kier molecular flexibility index (Phi) is 7.87. The van der Waals surface area contributed by atoms with Crippen LogP contribution in [0.1, 0.15) is 56.9 Å². The summed E-state index contributed by atoms with van der Waals surface area (Å²) >= 11 is 1.58. The number of hydrogen-bond donors (Lipinski definition) is 1. The topological polar surface area (TPSA) is 64.0 Å². The maximum absolute atomic E-state index is 12.8. The summed E-state index contributed by atoms with van der Waals surface area (Å²) < 4.78 is 1.64. The average Bonchev–Trinajstić information content (AvgIpc) is 2.62. The van der Waals surface area contributed by atoms with Gasteiger partial charge >= 0.3 is 0 Å². The molecule has 5 nitrogen and oxygen atoms in total. The average molecular weight is 402 g/mol. The van der Waals surface area contributed by atoms with Crippen molar-refractivity contribution in [1.29, 1.82) is 0 Å². The van der Waals surface area contributed by atoms with E-state index in [9.17, 15) is 9.59 Å². The molecule has 0 saturated carbocycles. The van der Waals surface area contributed by atoms with E-state index >= 15 is 0 Å². The molecule has 0 aliphatic rings. The number of aromatic nitrogens is 2. The van der Waals surface area contributed by atoms with Gasteiger partial charge in [0.1, 0.15) is 0 Å². The summed E-state index contributed by atoms with van der Waals surface area (Å²) in [5, 5.41) is 3.71. The van der Waals surface area contributed by atoms with Crippen molar-refractivity contribution in [2.75, 3.05) is 5.75 Å². The molecule has 0 bridgehead atoms. The highest BCUT2D eigenvalue weighted by Crippen LogP contribution is 2.18. The number of aryl methyl sites for hydroxylation is 1. The van der Waals surface area contributed by atoms with Crippen LogP contribution in [0.4, 0.5) is 0 Å². The molecule has 0 fully saturated rings. The van der Waals surface area contributed by atoms with Crippen molar-refractivity contribution in [2.24, 2.45) is 7.05 Å². The van der Waals surface area contributed by atoms with Crippen molar-refractivity contribution >= 4 is 17.7 Å². The Morgan fingerprint density at radius 2 is 1.86 bits per heavy atom. The third-order valence-corrected chi connectivity index (χ3v) is 5.43. The van der Waals surface area contributed by atoms with Crippen LogP contribution in [0.15, 0.2) is 40.3 Å². The first-order valence-electron chi connectivity index (χ1n) is 9.71. The fourth-order valence-electron chi connectivity index (χ4n) is 2.89. The highest BCUT2D eigenvalue weighted by Gasteiger charge is 2.14. The second-order valence-electron chi connectivity index (χ2n) is 8.09. The first-order valence-corrected chi connectivity index (χ1v) is 10.7. The third-order valence-electron chi connectivity index (χ3n) is 4.32. The van der Waals surface area contributed by atoms with E-state index in [2.05, 4.69) is 10.3 Å². The van der Waals surface area contributed by atoms with Crippen LogP contribution in [0.3, 0.4) is 0 Å². The minimum atomic E-state index is -0.187. The zero-order valence-electron chi connectivity index (χ0n) is 17.5. The first kappa shape index (κ1) is 22.2. The van der Waals surface area contributed by atoms with Gasteiger partial charge in [-0.25, -0.2) is 4.98 Å². The lowest BCUT2D eigenvalue weighted by molar-refractivity contribution is -0.122. The zero-order valence-corrected chi connectivity index (χ0v) is 18.4. The van der Waals surface area contributed by atoms with Crippen LogP contribution >= 0.6 is 11.8 Å². The molecule has 0 unspecified atom stereocenters. The van der Waals surface area contributed by atoms with Gasteiger partial charge in [0.25, 0.3) is 5.56 Å². The third kappa shape index (κ3) is 6.82. The first-order chi connectivity index (χ1) is 13.2. The number of thioether (sulfide) groups is 1. The van der Waals surface area contributed by atoms with Crippen molar-refractivity contribution in [3.05, 3.63) is 57.5 Å². The Bertz CT molecular complexity index is 855. The number of nitrogens with one attached hydrogen (secondary N) is 1. The van der Waals surface area contributed by atoms with Gasteiger partial charge in [-0.1, -0.05) is 42.1 Å². The van der Waals surface area contributed by atoms with Crippen molar-refractivity contribution in [2.45, 2.75) is 64.1 Å².